The second kappa shape index (κ2) is 9.08. The van der Waals surface area contributed by atoms with Gasteiger partial charge in [-0.3, -0.25) is 14.9 Å². The number of rotatable bonds is 7. The molecule has 3 aromatic rings. The molecule has 8 nitrogen and oxygen atoms in total. The van der Waals surface area contributed by atoms with Gasteiger partial charge in [0.05, 0.1) is 4.92 Å². The van der Waals surface area contributed by atoms with Crippen molar-refractivity contribution < 1.29 is 9.72 Å². The average Bonchev–Trinajstić information content (AvgIpc) is 3.08. The molecule has 1 heterocycles. The highest BCUT2D eigenvalue weighted by Gasteiger charge is 2.27. The van der Waals surface area contributed by atoms with Gasteiger partial charge in [-0.25, -0.2) is 0 Å². The number of nitrogens with zero attached hydrogens (tertiary/aromatic N) is 4. The molecule has 30 heavy (non-hydrogen) atoms. The summed E-state index contributed by atoms with van der Waals surface area (Å²) in [4.78, 5) is 24.1. The molecule has 0 aliphatic carbocycles. The summed E-state index contributed by atoms with van der Waals surface area (Å²) < 4.78 is 1.87. The molecular formula is C21H23N5O3S. The van der Waals surface area contributed by atoms with Crippen LogP contribution in [-0.4, -0.2) is 25.6 Å². The molecule has 1 N–H and O–H groups in total. The number of amides is 1. The van der Waals surface area contributed by atoms with Gasteiger partial charge in [-0.1, -0.05) is 62.0 Å². The minimum absolute atomic E-state index is 0.138. The fraction of sp³-hybridized carbons (Fsp3) is 0.286. The van der Waals surface area contributed by atoms with E-state index in [9.17, 15) is 14.9 Å². The van der Waals surface area contributed by atoms with E-state index in [4.69, 9.17) is 0 Å². The summed E-state index contributed by atoms with van der Waals surface area (Å²) in [6.45, 7) is 5.81. The molecule has 0 saturated carbocycles. The number of hydrogen-bond acceptors (Lipinski definition) is 6. The van der Waals surface area contributed by atoms with Crippen molar-refractivity contribution in [3.8, 4) is 0 Å². The van der Waals surface area contributed by atoms with Crippen LogP contribution in [0.2, 0.25) is 0 Å². The normalized spacial score (nSPS) is 12.0. The molecular weight excluding hydrogens is 402 g/mol. The molecule has 2 aromatic carbocycles. The van der Waals surface area contributed by atoms with Crippen LogP contribution in [0, 0.1) is 17.0 Å². The SMILES string of the molecule is Cc1ccc(NC(=O)C(Sc2nnc(C(C)C)n2C)c2ccccc2)c([N+](=O)[O-])c1. The van der Waals surface area contributed by atoms with E-state index in [2.05, 4.69) is 15.5 Å². The van der Waals surface area contributed by atoms with E-state index in [0.717, 1.165) is 17.0 Å². The maximum Gasteiger partial charge on any atom is 0.293 e. The highest BCUT2D eigenvalue weighted by atomic mass is 32.2. The Labute approximate surface area is 178 Å². The molecule has 9 heteroatoms. The van der Waals surface area contributed by atoms with Crippen molar-refractivity contribution in [1.82, 2.24) is 14.8 Å². The molecule has 0 saturated heterocycles. The van der Waals surface area contributed by atoms with Crippen molar-refractivity contribution in [1.29, 1.82) is 0 Å². The van der Waals surface area contributed by atoms with Crippen LogP contribution in [0.1, 0.15) is 42.0 Å². The number of hydrogen-bond donors (Lipinski definition) is 1. The molecule has 156 valence electrons. The second-order valence-corrected chi connectivity index (χ2v) is 8.30. The maximum atomic E-state index is 13.2. The molecule has 1 atom stereocenters. The van der Waals surface area contributed by atoms with Crippen molar-refractivity contribution in [2.24, 2.45) is 7.05 Å². The van der Waals surface area contributed by atoms with E-state index >= 15 is 0 Å². The minimum Gasteiger partial charge on any atom is -0.319 e. The Kier molecular flexibility index (Phi) is 6.51. The van der Waals surface area contributed by atoms with Crippen molar-refractivity contribution in [3.63, 3.8) is 0 Å². The average molecular weight is 426 g/mol. The highest BCUT2D eigenvalue weighted by molar-refractivity contribution is 8.00. The van der Waals surface area contributed by atoms with Crippen LogP contribution < -0.4 is 5.32 Å². The van der Waals surface area contributed by atoms with Gasteiger partial charge in [0.2, 0.25) is 5.91 Å². The molecule has 0 radical (unpaired) electrons. The van der Waals surface area contributed by atoms with Crippen LogP contribution in [0.15, 0.2) is 53.7 Å². The topological polar surface area (TPSA) is 103 Å². The third kappa shape index (κ3) is 4.68. The van der Waals surface area contributed by atoms with E-state index in [-0.39, 0.29) is 23.2 Å². The Balaban J connectivity index is 1.94. The number of aryl methyl sites for hydroxylation is 1. The van der Waals surface area contributed by atoms with E-state index in [1.165, 1.54) is 17.8 Å². The lowest BCUT2D eigenvalue weighted by Gasteiger charge is -2.17. The number of nitro benzene ring substituents is 1. The highest BCUT2D eigenvalue weighted by Crippen LogP contribution is 2.37. The zero-order chi connectivity index (χ0) is 21.8. The Morgan fingerprint density at radius 2 is 1.87 bits per heavy atom. The first-order valence-corrected chi connectivity index (χ1v) is 10.3. The van der Waals surface area contributed by atoms with Crippen LogP contribution in [0.4, 0.5) is 11.4 Å². The molecule has 1 amide bonds. The van der Waals surface area contributed by atoms with E-state index in [1.807, 2.05) is 55.8 Å². The van der Waals surface area contributed by atoms with Gasteiger partial charge in [-0.15, -0.1) is 10.2 Å². The third-order valence-electron chi connectivity index (χ3n) is 4.56. The van der Waals surface area contributed by atoms with Crippen molar-refractivity contribution in [2.45, 2.75) is 37.1 Å². The number of benzene rings is 2. The Morgan fingerprint density at radius 1 is 1.17 bits per heavy atom. The first-order valence-electron chi connectivity index (χ1n) is 9.44. The van der Waals surface area contributed by atoms with E-state index in [1.54, 1.807) is 19.1 Å². The van der Waals surface area contributed by atoms with Gasteiger partial charge in [0.1, 0.15) is 16.8 Å². The lowest BCUT2D eigenvalue weighted by atomic mass is 10.1. The summed E-state index contributed by atoms with van der Waals surface area (Å²) in [5, 5.41) is 22.6. The predicted molar refractivity (Wildman–Crippen MR) is 117 cm³/mol. The Bertz CT molecular complexity index is 1070. The monoisotopic (exact) mass is 425 g/mol. The van der Waals surface area contributed by atoms with Gasteiger partial charge in [-0.2, -0.15) is 0 Å². The summed E-state index contributed by atoms with van der Waals surface area (Å²) in [6.07, 6.45) is 0. The summed E-state index contributed by atoms with van der Waals surface area (Å²) in [6, 6.07) is 14.0. The summed E-state index contributed by atoms with van der Waals surface area (Å²) >= 11 is 1.26. The van der Waals surface area contributed by atoms with Crippen LogP contribution in [0.3, 0.4) is 0 Å². The number of anilines is 1. The molecule has 0 aliphatic rings. The standard InChI is InChI=1S/C21H23N5O3S/c1-13(2)19-23-24-21(25(19)4)30-18(15-8-6-5-7-9-15)20(27)22-16-11-10-14(3)12-17(16)26(28)29/h5-13,18H,1-4H3,(H,22,27). The summed E-state index contributed by atoms with van der Waals surface area (Å²) in [5.41, 5.74) is 1.54. The lowest BCUT2D eigenvalue weighted by molar-refractivity contribution is -0.384. The van der Waals surface area contributed by atoms with Crippen LogP contribution in [0.25, 0.3) is 0 Å². The number of nitro groups is 1. The quantitative estimate of drug-likeness (QED) is 0.336. The lowest BCUT2D eigenvalue weighted by Crippen LogP contribution is -2.20. The van der Waals surface area contributed by atoms with Gasteiger partial charge >= 0.3 is 0 Å². The molecule has 1 aromatic heterocycles. The first kappa shape index (κ1) is 21.5. The van der Waals surface area contributed by atoms with Crippen molar-refractivity contribution in [3.05, 3.63) is 75.6 Å². The molecule has 0 spiro atoms. The van der Waals surface area contributed by atoms with Gasteiger partial charge in [-0.05, 0) is 24.1 Å². The second-order valence-electron chi connectivity index (χ2n) is 7.23. The Hall–Kier alpha value is -3.20. The van der Waals surface area contributed by atoms with E-state index < -0.39 is 10.2 Å². The molecule has 0 bridgehead atoms. The third-order valence-corrected chi connectivity index (χ3v) is 5.84. The summed E-state index contributed by atoms with van der Waals surface area (Å²) in [7, 11) is 1.86. The van der Waals surface area contributed by atoms with Crippen LogP contribution in [-0.2, 0) is 11.8 Å². The number of carbonyl (C=O) groups is 1. The van der Waals surface area contributed by atoms with E-state index in [0.29, 0.717) is 5.16 Å². The molecule has 3 rings (SSSR count). The number of aromatic nitrogens is 3. The molecule has 0 fully saturated rings. The van der Waals surface area contributed by atoms with Gasteiger partial charge in [0.15, 0.2) is 5.16 Å². The van der Waals surface area contributed by atoms with Gasteiger partial charge in [0, 0.05) is 19.0 Å². The van der Waals surface area contributed by atoms with Crippen molar-refractivity contribution in [2.75, 3.05) is 5.32 Å². The fourth-order valence-corrected chi connectivity index (χ4v) is 4.04. The maximum absolute atomic E-state index is 13.2. The number of thioether (sulfide) groups is 1. The number of carbonyl (C=O) groups excluding carboxylic acids is 1. The summed E-state index contributed by atoms with van der Waals surface area (Å²) in [5.74, 6) is 0.641. The smallest absolute Gasteiger partial charge is 0.293 e. The first-order chi connectivity index (χ1) is 14.3. The van der Waals surface area contributed by atoms with Crippen LogP contribution >= 0.6 is 11.8 Å². The zero-order valence-electron chi connectivity index (χ0n) is 17.2. The van der Waals surface area contributed by atoms with Gasteiger partial charge < -0.3 is 9.88 Å². The molecule has 1 unspecified atom stereocenters. The predicted octanol–water partition coefficient (Wildman–Crippen LogP) is 4.63. The zero-order valence-corrected chi connectivity index (χ0v) is 18.0. The Morgan fingerprint density at radius 3 is 2.47 bits per heavy atom. The van der Waals surface area contributed by atoms with Crippen molar-refractivity contribution >= 4 is 29.0 Å². The largest absolute Gasteiger partial charge is 0.319 e. The van der Waals surface area contributed by atoms with Crippen LogP contribution in [0.5, 0.6) is 0 Å². The van der Waals surface area contributed by atoms with Gasteiger partial charge in [0.25, 0.3) is 5.69 Å². The molecule has 0 aliphatic heterocycles. The fourth-order valence-electron chi connectivity index (χ4n) is 3.03. The number of nitrogens with one attached hydrogen (secondary N) is 1. The minimum atomic E-state index is -0.657.